The second kappa shape index (κ2) is 5.04. The Bertz CT molecular complexity index is 730. The highest BCUT2D eigenvalue weighted by Gasteiger charge is 2.32. The minimum atomic E-state index is -0.306. The molecule has 1 aliphatic heterocycles. The van der Waals surface area contributed by atoms with Crippen molar-refractivity contribution in [2.45, 2.75) is 6.42 Å². The Morgan fingerprint density at radius 3 is 2.60 bits per heavy atom. The molecule has 0 atom stereocenters. The molecule has 0 saturated heterocycles. The summed E-state index contributed by atoms with van der Waals surface area (Å²) in [5.74, 6) is -0.545. The molecule has 2 aromatic rings. The predicted molar refractivity (Wildman–Crippen MR) is 81.1 cm³/mol. The van der Waals surface area contributed by atoms with Gasteiger partial charge in [-0.25, -0.2) is 4.90 Å². The maximum Gasteiger partial charge on any atom is 0.265 e. The lowest BCUT2D eigenvalue weighted by Crippen LogP contribution is -2.42. The third kappa shape index (κ3) is 2.15. The van der Waals surface area contributed by atoms with Crippen molar-refractivity contribution in [3.8, 4) is 0 Å². The lowest BCUT2D eigenvalue weighted by atomic mass is 9.98. The number of amides is 2. The van der Waals surface area contributed by atoms with E-state index in [9.17, 15) is 9.59 Å². The summed E-state index contributed by atoms with van der Waals surface area (Å²) in [5, 5.41) is 0.540. The van der Waals surface area contributed by atoms with Crippen LogP contribution in [0.2, 0.25) is 5.02 Å². The van der Waals surface area contributed by atoms with Crippen LogP contribution in [0.5, 0.6) is 0 Å². The van der Waals surface area contributed by atoms with E-state index in [2.05, 4.69) is 15.9 Å². The third-order valence-electron chi connectivity index (χ3n) is 3.19. The van der Waals surface area contributed by atoms with Gasteiger partial charge in [-0.3, -0.25) is 9.59 Å². The van der Waals surface area contributed by atoms with Gasteiger partial charge in [0.05, 0.1) is 12.1 Å². The molecule has 0 spiro atoms. The average Bonchev–Trinajstić information content (AvgIpc) is 2.41. The molecule has 0 bridgehead atoms. The molecule has 3 rings (SSSR count). The van der Waals surface area contributed by atoms with Gasteiger partial charge >= 0.3 is 0 Å². The second-order valence-corrected chi connectivity index (χ2v) is 5.75. The van der Waals surface area contributed by atoms with Crippen molar-refractivity contribution >= 4 is 45.0 Å². The van der Waals surface area contributed by atoms with E-state index in [-0.39, 0.29) is 18.2 Å². The number of fused-ring (bicyclic) bond motifs is 1. The van der Waals surface area contributed by atoms with Gasteiger partial charge in [-0.15, -0.1) is 0 Å². The number of hydrogen-bond acceptors (Lipinski definition) is 2. The van der Waals surface area contributed by atoms with Crippen LogP contribution in [0.4, 0.5) is 5.69 Å². The Kier molecular flexibility index (Phi) is 3.36. The van der Waals surface area contributed by atoms with Crippen LogP contribution < -0.4 is 4.90 Å². The van der Waals surface area contributed by atoms with Crippen LogP contribution in [0.25, 0.3) is 0 Å². The molecule has 2 amide bonds. The summed E-state index contributed by atoms with van der Waals surface area (Å²) in [6, 6.07) is 12.1. The Hall–Kier alpha value is -1.65. The van der Waals surface area contributed by atoms with E-state index >= 15 is 0 Å². The fraction of sp³-hybridized carbons (Fsp3) is 0.0667. The molecule has 20 heavy (non-hydrogen) atoms. The molecule has 1 aliphatic rings. The molecule has 1 heterocycles. The van der Waals surface area contributed by atoms with E-state index in [1.165, 1.54) is 4.90 Å². The van der Waals surface area contributed by atoms with Gasteiger partial charge in [0, 0.05) is 15.1 Å². The fourth-order valence-electron chi connectivity index (χ4n) is 2.27. The van der Waals surface area contributed by atoms with E-state index in [4.69, 9.17) is 11.6 Å². The van der Waals surface area contributed by atoms with Crippen molar-refractivity contribution in [3.05, 3.63) is 63.1 Å². The molecule has 3 nitrogen and oxygen atoms in total. The summed E-state index contributed by atoms with van der Waals surface area (Å²) < 4.78 is 0.617. The molecule has 5 heteroatoms. The highest BCUT2D eigenvalue weighted by molar-refractivity contribution is 9.10. The molecule has 0 saturated carbocycles. The summed E-state index contributed by atoms with van der Waals surface area (Å²) in [4.78, 5) is 26.0. The van der Waals surface area contributed by atoms with Crippen LogP contribution in [0.1, 0.15) is 15.9 Å². The van der Waals surface area contributed by atoms with Crippen LogP contribution in [-0.4, -0.2) is 11.8 Å². The number of benzene rings is 2. The normalized spacial score (nSPS) is 14.4. The van der Waals surface area contributed by atoms with Crippen LogP contribution in [-0.2, 0) is 11.2 Å². The van der Waals surface area contributed by atoms with Crippen LogP contribution in [0, 0.1) is 0 Å². The maximum atomic E-state index is 12.5. The molecular weight excluding hydrogens is 342 g/mol. The molecule has 0 aromatic heterocycles. The van der Waals surface area contributed by atoms with Gasteiger partial charge in [-0.05, 0) is 45.8 Å². The molecule has 0 unspecified atom stereocenters. The van der Waals surface area contributed by atoms with Gasteiger partial charge in [0.2, 0.25) is 5.91 Å². The number of hydrogen-bond donors (Lipinski definition) is 0. The Morgan fingerprint density at radius 1 is 1.10 bits per heavy atom. The van der Waals surface area contributed by atoms with Crippen molar-refractivity contribution in [3.63, 3.8) is 0 Å². The first-order valence-corrected chi connectivity index (χ1v) is 7.15. The largest absolute Gasteiger partial charge is 0.274 e. The maximum absolute atomic E-state index is 12.5. The number of anilines is 1. The second-order valence-electron chi connectivity index (χ2n) is 4.46. The summed E-state index contributed by atoms with van der Waals surface area (Å²) in [7, 11) is 0. The summed E-state index contributed by atoms with van der Waals surface area (Å²) >= 11 is 9.24. The number of imide groups is 1. The van der Waals surface area contributed by atoms with E-state index in [1.807, 2.05) is 6.07 Å². The highest BCUT2D eigenvalue weighted by atomic mass is 79.9. The SMILES string of the molecule is O=C1Cc2ccccc2C(=O)N1c1ccc(Cl)cc1Br. The zero-order chi connectivity index (χ0) is 14.3. The van der Waals surface area contributed by atoms with Crippen molar-refractivity contribution in [1.82, 2.24) is 0 Å². The fourth-order valence-corrected chi connectivity index (χ4v) is 3.13. The number of carbonyl (C=O) groups is 2. The van der Waals surface area contributed by atoms with Gasteiger partial charge in [0.15, 0.2) is 0 Å². The van der Waals surface area contributed by atoms with Crippen LogP contribution in [0.15, 0.2) is 46.9 Å². The van der Waals surface area contributed by atoms with E-state index in [0.717, 1.165) is 5.56 Å². The van der Waals surface area contributed by atoms with Gasteiger partial charge in [-0.1, -0.05) is 29.8 Å². The number of nitrogens with zero attached hydrogens (tertiary/aromatic N) is 1. The number of carbonyl (C=O) groups excluding carboxylic acids is 2. The topological polar surface area (TPSA) is 37.4 Å². The van der Waals surface area contributed by atoms with E-state index in [1.54, 1.807) is 36.4 Å². The van der Waals surface area contributed by atoms with E-state index < -0.39 is 0 Å². The zero-order valence-corrected chi connectivity index (χ0v) is 12.6. The summed E-state index contributed by atoms with van der Waals surface area (Å²) in [6.07, 6.45) is 0.219. The van der Waals surface area contributed by atoms with Gasteiger partial charge < -0.3 is 0 Å². The molecule has 0 radical (unpaired) electrons. The van der Waals surface area contributed by atoms with Gasteiger partial charge in [-0.2, -0.15) is 0 Å². The number of rotatable bonds is 1. The van der Waals surface area contributed by atoms with E-state index in [0.29, 0.717) is 20.7 Å². The smallest absolute Gasteiger partial charge is 0.265 e. The quantitative estimate of drug-likeness (QED) is 0.733. The first-order chi connectivity index (χ1) is 9.58. The third-order valence-corrected chi connectivity index (χ3v) is 4.06. The monoisotopic (exact) mass is 349 g/mol. The molecule has 2 aromatic carbocycles. The minimum absolute atomic E-state index is 0.219. The molecule has 0 aliphatic carbocycles. The first-order valence-electron chi connectivity index (χ1n) is 5.98. The Morgan fingerprint density at radius 2 is 1.85 bits per heavy atom. The summed E-state index contributed by atoms with van der Waals surface area (Å²) in [5.41, 5.74) is 1.84. The minimum Gasteiger partial charge on any atom is -0.274 e. The molecule has 0 fully saturated rings. The van der Waals surface area contributed by atoms with Crippen LogP contribution in [0.3, 0.4) is 0 Å². The van der Waals surface area contributed by atoms with Gasteiger partial charge in [0.1, 0.15) is 0 Å². The summed E-state index contributed by atoms with van der Waals surface area (Å²) in [6.45, 7) is 0. The first kappa shape index (κ1) is 13.3. The standard InChI is InChI=1S/C15H9BrClNO2/c16-12-8-10(17)5-6-13(12)18-14(19)7-9-3-1-2-4-11(9)15(18)20/h1-6,8H,7H2. The molecular formula is C15H9BrClNO2. The van der Waals surface area contributed by atoms with Crippen molar-refractivity contribution in [2.75, 3.05) is 4.90 Å². The van der Waals surface area contributed by atoms with Crippen LogP contribution >= 0.6 is 27.5 Å². The highest BCUT2D eigenvalue weighted by Crippen LogP contribution is 2.33. The molecule has 100 valence electrons. The Labute approximate surface area is 129 Å². The zero-order valence-electron chi connectivity index (χ0n) is 10.3. The lowest BCUT2D eigenvalue weighted by Gasteiger charge is -2.27. The van der Waals surface area contributed by atoms with Crippen molar-refractivity contribution in [2.24, 2.45) is 0 Å². The van der Waals surface area contributed by atoms with Crippen molar-refractivity contribution < 1.29 is 9.59 Å². The predicted octanol–water partition coefficient (Wildman–Crippen LogP) is 3.83. The molecule has 0 N–H and O–H groups in total. The van der Waals surface area contributed by atoms with Crippen molar-refractivity contribution in [1.29, 1.82) is 0 Å². The lowest BCUT2D eigenvalue weighted by molar-refractivity contribution is -0.117. The number of halogens is 2. The van der Waals surface area contributed by atoms with Gasteiger partial charge in [0.25, 0.3) is 5.91 Å². The Balaban J connectivity index is 2.11. The average molecular weight is 351 g/mol.